The van der Waals surface area contributed by atoms with Crippen molar-refractivity contribution in [2.45, 2.75) is 37.1 Å². The van der Waals surface area contributed by atoms with Gasteiger partial charge in [0.05, 0.1) is 23.1 Å². The van der Waals surface area contributed by atoms with Crippen molar-refractivity contribution in [2.75, 3.05) is 11.4 Å². The second-order valence-corrected chi connectivity index (χ2v) is 7.20. The molecule has 2 aromatic carbocycles. The van der Waals surface area contributed by atoms with E-state index in [9.17, 15) is 5.26 Å². The molecular formula is C21H20N4. The van der Waals surface area contributed by atoms with E-state index in [1.54, 1.807) is 0 Å². The van der Waals surface area contributed by atoms with E-state index in [-0.39, 0.29) is 6.04 Å². The number of anilines is 1. The lowest BCUT2D eigenvalue weighted by molar-refractivity contribution is 0.314. The Kier molecular flexibility index (Phi) is 3.11. The number of nitrogens with one attached hydrogen (secondary N) is 1. The van der Waals surface area contributed by atoms with E-state index in [0.29, 0.717) is 0 Å². The predicted molar refractivity (Wildman–Crippen MR) is 98.5 cm³/mol. The van der Waals surface area contributed by atoms with Gasteiger partial charge in [-0.2, -0.15) is 5.26 Å². The molecule has 0 radical (unpaired) electrons. The van der Waals surface area contributed by atoms with Gasteiger partial charge >= 0.3 is 0 Å². The molecule has 2 atom stereocenters. The van der Waals surface area contributed by atoms with Gasteiger partial charge in [-0.05, 0) is 43.0 Å². The topological polar surface area (TPSA) is 55.7 Å². The second kappa shape index (κ2) is 5.35. The van der Waals surface area contributed by atoms with Crippen LogP contribution in [-0.2, 0) is 11.8 Å². The van der Waals surface area contributed by atoms with Crippen LogP contribution in [0.25, 0.3) is 11.0 Å². The third-order valence-corrected chi connectivity index (χ3v) is 5.85. The Morgan fingerprint density at radius 1 is 1.12 bits per heavy atom. The van der Waals surface area contributed by atoms with Gasteiger partial charge in [0.25, 0.3) is 0 Å². The number of benzene rings is 2. The lowest BCUT2D eigenvalue weighted by Crippen LogP contribution is -2.57. The maximum atomic E-state index is 10.3. The van der Waals surface area contributed by atoms with Crippen molar-refractivity contribution in [2.24, 2.45) is 0 Å². The van der Waals surface area contributed by atoms with Gasteiger partial charge in [0, 0.05) is 18.7 Å². The Morgan fingerprint density at radius 2 is 1.96 bits per heavy atom. The highest BCUT2D eigenvalue weighted by Gasteiger charge is 2.50. The van der Waals surface area contributed by atoms with Crippen molar-refractivity contribution in [1.82, 2.24) is 9.97 Å². The quantitative estimate of drug-likeness (QED) is 0.736. The molecule has 0 bridgehead atoms. The number of aromatic nitrogens is 2. The van der Waals surface area contributed by atoms with Crippen LogP contribution < -0.4 is 4.90 Å². The number of piperidine rings is 1. The van der Waals surface area contributed by atoms with Crippen molar-refractivity contribution in [3.05, 3.63) is 59.9 Å². The molecule has 1 N–H and O–H groups in total. The highest BCUT2D eigenvalue weighted by molar-refractivity contribution is 5.75. The zero-order valence-electron chi connectivity index (χ0n) is 14.1. The first-order valence-corrected chi connectivity index (χ1v) is 9.03. The van der Waals surface area contributed by atoms with Crippen LogP contribution >= 0.6 is 0 Å². The third kappa shape index (κ3) is 2.02. The maximum absolute atomic E-state index is 10.3. The van der Waals surface area contributed by atoms with Crippen molar-refractivity contribution in [3.63, 3.8) is 0 Å². The average Bonchev–Trinajstić information content (AvgIpc) is 3.12. The van der Waals surface area contributed by atoms with Crippen LogP contribution in [0.3, 0.4) is 0 Å². The molecule has 4 heteroatoms. The normalized spacial score (nSPS) is 25.2. The molecule has 0 amide bonds. The molecule has 0 unspecified atom stereocenters. The molecule has 1 fully saturated rings. The number of aromatic amines is 1. The zero-order chi connectivity index (χ0) is 16.9. The fraction of sp³-hybridized carbons (Fsp3) is 0.333. The minimum atomic E-state index is -0.617. The average molecular weight is 328 g/mol. The summed E-state index contributed by atoms with van der Waals surface area (Å²) in [4.78, 5) is 10.8. The summed E-state index contributed by atoms with van der Waals surface area (Å²) in [5.41, 5.74) is 3.88. The molecule has 1 saturated heterocycles. The molecule has 2 aliphatic heterocycles. The summed E-state index contributed by atoms with van der Waals surface area (Å²) >= 11 is 0. The molecule has 3 aromatic rings. The van der Waals surface area contributed by atoms with E-state index in [1.807, 2.05) is 24.3 Å². The SMILES string of the molecule is N#C[C@@]1(c2nc3ccccc3[nH]2)Cc2ccccc2N2CCCC[C@@H]21. The van der Waals surface area contributed by atoms with Crippen molar-refractivity contribution >= 4 is 16.7 Å². The summed E-state index contributed by atoms with van der Waals surface area (Å²) in [5.74, 6) is 0.822. The lowest BCUT2D eigenvalue weighted by atomic mass is 9.69. The van der Waals surface area contributed by atoms with Gasteiger partial charge < -0.3 is 9.88 Å². The Morgan fingerprint density at radius 3 is 2.84 bits per heavy atom. The first-order chi connectivity index (χ1) is 12.3. The molecule has 0 saturated carbocycles. The number of para-hydroxylation sites is 3. The van der Waals surface area contributed by atoms with Gasteiger partial charge in [0.15, 0.2) is 0 Å². The molecule has 124 valence electrons. The minimum Gasteiger partial charge on any atom is -0.366 e. The Balaban J connectivity index is 1.73. The van der Waals surface area contributed by atoms with Gasteiger partial charge in [-0.25, -0.2) is 4.98 Å². The van der Waals surface area contributed by atoms with E-state index < -0.39 is 5.41 Å². The number of hydrogen-bond donors (Lipinski definition) is 1. The van der Waals surface area contributed by atoms with Crippen LogP contribution in [0.2, 0.25) is 0 Å². The Bertz CT molecular complexity index is 950. The van der Waals surface area contributed by atoms with Crippen LogP contribution in [0.15, 0.2) is 48.5 Å². The fourth-order valence-corrected chi connectivity index (χ4v) is 4.66. The fourth-order valence-electron chi connectivity index (χ4n) is 4.66. The first-order valence-electron chi connectivity index (χ1n) is 9.03. The van der Waals surface area contributed by atoms with Gasteiger partial charge in [-0.15, -0.1) is 0 Å². The molecule has 1 aromatic heterocycles. The van der Waals surface area contributed by atoms with Crippen LogP contribution in [-0.4, -0.2) is 22.6 Å². The first kappa shape index (κ1) is 14.5. The molecule has 5 rings (SSSR count). The summed E-state index contributed by atoms with van der Waals surface area (Å²) in [6, 6.07) is 19.5. The van der Waals surface area contributed by atoms with Crippen molar-refractivity contribution in [3.8, 4) is 6.07 Å². The van der Waals surface area contributed by atoms with Crippen LogP contribution in [0.5, 0.6) is 0 Å². The number of rotatable bonds is 1. The van der Waals surface area contributed by atoms with Gasteiger partial charge in [0.1, 0.15) is 11.2 Å². The number of fused-ring (bicyclic) bond motifs is 4. The summed E-state index contributed by atoms with van der Waals surface area (Å²) in [5, 5.41) is 10.3. The van der Waals surface area contributed by atoms with Crippen LogP contribution in [0, 0.1) is 11.3 Å². The molecule has 2 aliphatic rings. The number of H-pyrrole nitrogens is 1. The number of imidazole rings is 1. The van der Waals surface area contributed by atoms with Gasteiger partial charge in [0.2, 0.25) is 0 Å². The van der Waals surface area contributed by atoms with E-state index in [4.69, 9.17) is 4.98 Å². The van der Waals surface area contributed by atoms with E-state index in [1.165, 1.54) is 24.1 Å². The number of nitrogens with zero attached hydrogens (tertiary/aromatic N) is 3. The molecule has 0 aliphatic carbocycles. The molecule has 25 heavy (non-hydrogen) atoms. The molecule has 0 spiro atoms. The molecular weight excluding hydrogens is 308 g/mol. The summed E-state index contributed by atoms with van der Waals surface area (Å²) in [6.45, 7) is 1.02. The Labute approximate surface area is 147 Å². The largest absolute Gasteiger partial charge is 0.366 e. The molecule has 3 heterocycles. The van der Waals surface area contributed by atoms with Gasteiger partial charge in [-0.3, -0.25) is 0 Å². The predicted octanol–water partition coefficient (Wildman–Crippen LogP) is 3.94. The standard InChI is InChI=1S/C21H20N4/c22-14-21(20-23-16-8-2-3-9-17(16)24-20)13-15-7-1-4-10-18(15)25-12-6-5-11-19(21)25/h1-4,7-10,19H,5-6,11-13H2,(H,23,24)/t19-,21+/m1/s1. The van der Waals surface area contributed by atoms with E-state index in [2.05, 4.69) is 40.2 Å². The Hall–Kier alpha value is -2.80. The third-order valence-electron chi connectivity index (χ3n) is 5.85. The molecule has 4 nitrogen and oxygen atoms in total. The summed E-state index contributed by atoms with van der Waals surface area (Å²) in [7, 11) is 0. The monoisotopic (exact) mass is 328 g/mol. The second-order valence-electron chi connectivity index (χ2n) is 7.20. The van der Waals surface area contributed by atoms with Crippen LogP contribution in [0.1, 0.15) is 30.7 Å². The summed E-state index contributed by atoms with van der Waals surface area (Å²) < 4.78 is 0. The van der Waals surface area contributed by atoms with Gasteiger partial charge in [-0.1, -0.05) is 30.3 Å². The zero-order valence-corrected chi connectivity index (χ0v) is 14.1. The highest BCUT2D eigenvalue weighted by Crippen LogP contribution is 2.45. The van der Waals surface area contributed by atoms with Crippen molar-refractivity contribution < 1.29 is 0 Å². The van der Waals surface area contributed by atoms with Crippen LogP contribution in [0.4, 0.5) is 5.69 Å². The van der Waals surface area contributed by atoms with E-state index in [0.717, 1.165) is 36.2 Å². The lowest BCUT2D eigenvalue weighted by Gasteiger charge is -2.49. The highest BCUT2D eigenvalue weighted by atomic mass is 15.2. The number of nitriles is 1. The summed E-state index contributed by atoms with van der Waals surface area (Å²) in [6.07, 6.45) is 4.12. The minimum absolute atomic E-state index is 0.182. The van der Waals surface area contributed by atoms with E-state index >= 15 is 0 Å². The smallest absolute Gasteiger partial charge is 0.139 e. The maximum Gasteiger partial charge on any atom is 0.139 e. The van der Waals surface area contributed by atoms with Crippen molar-refractivity contribution in [1.29, 1.82) is 5.26 Å². The number of hydrogen-bond acceptors (Lipinski definition) is 3.